The summed E-state index contributed by atoms with van der Waals surface area (Å²) in [5, 5.41) is 9.60. The molecule has 0 aromatic heterocycles. The molecule has 0 spiro atoms. The smallest absolute Gasteiger partial charge is 0.417 e. The number of aliphatic carboxylic acids is 1. The summed E-state index contributed by atoms with van der Waals surface area (Å²) in [7, 11) is 1.55. The lowest BCUT2D eigenvalue weighted by Crippen LogP contribution is -2.35. The number of alkyl halides is 3. The maximum Gasteiger partial charge on any atom is 0.417 e. The Morgan fingerprint density at radius 1 is 1.03 bits per heavy atom. The summed E-state index contributed by atoms with van der Waals surface area (Å²) < 4.78 is 54.6. The highest BCUT2D eigenvalue weighted by molar-refractivity contribution is 5.74. The minimum atomic E-state index is -4.55. The van der Waals surface area contributed by atoms with Gasteiger partial charge in [-0.2, -0.15) is 13.2 Å². The van der Waals surface area contributed by atoms with E-state index in [4.69, 9.17) is 9.47 Å². The molecule has 5 rings (SSSR count). The molecule has 5 nitrogen and oxygen atoms in total. The van der Waals surface area contributed by atoms with Crippen LogP contribution in [0.2, 0.25) is 0 Å². The molecule has 3 aromatic rings. The Morgan fingerprint density at radius 3 is 2.50 bits per heavy atom. The first-order chi connectivity index (χ1) is 18.3. The van der Waals surface area contributed by atoms with Gasteiger partial charge >= 0.3 is 12.1 Å². The third-order valence-corrected chi connectivity index (χ3v) is 7.57. The number of benzene rings is 3. The van der Waals surface area contributed by atoms with Crippen molar-refractivity contribution >= 4 is 5.97 Å². The van der Waals surface area contributed by atoms with Gasteiger partial charge in [-0.25, -0.2) is 0 Å². The van der Waals surface area contributed by atoms with Gasteiger partial charge in [0.25, 0.3) is 0 Å². The van der Waals surface area contributed by atoms with Crippen LogP contribution in [0.4, 0.5) is 13.2 Å². The molecule has 200 valence electrons. The molecule has 3 aromatic carbocycles. The van der Waals surface area contributed by atoms with Crippen LogP contribution in [-0.4, -0.2) is 35.7 Å². The number of nitrogens with zero attached hydrogens (tertiary/aromatic N) is 1. The standard InChI is InChI=1S/C30H30F3NO4/c1-37-26-16-27(23-13-6-12-22(23)24(26)17-34-15-7-14-25(34)29(35)36)38-18-20-10-5-11-21(28(20)30(31,32)33)19-8-3-2-4-9-19/h2-5,8-11,16,25H,6-7,12-15,17-18H2,1H3,(H,35,36). The molecule has 0 amide bonds. The van der Waals surface area contributed by atoms with E-state index in [1.807, 2.05) is 4.90 Å². The summed E-state index contributed by atoms with van der Waals surface area (Å²) in [5.41, 5.74) is 2.97. The molecule has 0 bridgehead atoms. The van der Waals surface area contributed by atoms with Gasteiger partial charge in [0.15, 0.2) is 0 Å². The van der Waals surface area contributed by atoms with Crippen LogP contribution >= 0.6 is 0 Å². The Morgan fingerprint density at radius 2 is 1.79 bits per heavy atom. The molecule has 0 saturated carbocycles. The van der Waals surface area contributed by atoms with Gasteiger partial charge in [0.05, 0.1) is 12.7 Å². The molecule has 8 heteroatoms. The molecule has 0 radical (unpaired) electrons. The highest BCUT2D eigenvalue weighted by atomic mass is 19.4. The largest absolute Gasteiger partial charge is 0.496 e. The topological polar surface area (TPSA) is 59.0 Å². The average Bonchev–Trinajstić information content (AvgIpc) is 3.58. The third-order valence-electron chi connectivity index (χ3n) is 7.57. The third kappa shape index (κ3) is 5.10. The zero-order valence-electron chi connectivity index (χ0n) is 21.2. The zero-order valence-corrected chi connectivity index (χ0v) is 21.2. The van der Waals surface area contributed by atoms with Gasteiger partial charge in [0, 0.05) is 23.7 Å². The number of likely N-dealkylation sites (tertiary alicyclic amines) is 1. The van der Waals surface area contributed by atoms with Crippen molar-refractivity contribution in [3.05, 3.63) is 82.4 Å². The van der Waals surface area contributed by atoms with Crippen LogP contribution in [0.3, 0.4) is 0 Å². The molecular weight excluding hydrogens is 495 g/mol. The number of ether oxygens (including phenoxy) is 2. The molecular formula is C30H30F3NO4. The maximum atomic E-state index is 14.3. The van der Waals surface area contributed by atoms with Crippen molar-refractivity contribution < 1.29 is 32.5 Å². The molecule has 38 heavy (non-hydrogen) atoms. The van der Waals surface area contributed by atoms with Gasteiger partial charge in [-0.15, -0.1) is 0 Å². The maximum absolute atomic E-state index is 14.3. The van der Waals surface area contributed by atoms with Crippen molar-refractivity contribution in [3.63, 3.8) is 0 Å². The normalized spacial score (nSPS) is 17.4. The van der Waals surface area contributed by atoms with Crippen LogP contribution in [-0.2, 0) is 37.0 Å². The minimum Gasteiger partial charge on any atom is -0.496 e. The van der Waals surface area contributed by atoms with Crippen molar-refractivity contribution in [2.75, 3.05) is 13.7 Å². The number of carboxylic acid groups (broad SMARTS) is 1. The summed E-state index contributed by atoms with van der Waals surface area (Å²) in [6.45, 7) is 0.920. The summed E-state index contributed by atoms with van der Waals surface area (Å²) >= 11 is 0. The summed E-state index contributed by atoms with van der Waals surface area (Å²) in [4.78, 5) is 13.7. The quantitative estimate of drug-likeness (QED) is 0.364. The van der Waals surface area contributed by atoms with Gasteiger partial charge in [0.2, 0.25) is 0 Å². The monoisotopic (exact) mass is 525 g/mol. The minimum absolute atomic E-state index is 0.0648. The molecule has 1 saturated heterocycles. The van der Waals surface area contributed by atoms with E-state index in [9.17, 15) is 23.1 Å². The Hall–Kier alpha value is -3.52. The molecule has 1 aliphatic heterocycles. The summed E-state index contributed by atoms with van der Waals surface area (Å²) in [6.07, 6.45) is -0.672. The van der Waals surface area contributed by atoms with Gasteiger partial charge < -0.3 is 14.6 Å². The fraction of sp³-hybridized carbons (Fsp3) is 0.367. The van der Waals surface area contributed by atoms with Crippen LogP contribution < -0.4 is 9.47 Å². The second-order valence-electron chi connectivity index (χ2n) is 9.83. The lowest BCUT2D eigenvalue weighted by atomic mass is 9.95. The predicted molar refractivity (Wildman–Crippen MR) is 137 cm³/mol. The SMILES string of the molecule is COc1cc(OCc2cccc(-c3ccccc3)c2C(F)(F)F)c2c(c1CN1CCCC1C(=O)O)CCC2. The molecule has 1 fully saturated rings. The summed E-state index contributed by atoms with van der Waals surface area (Å²) in [5.74, 6) is 0.273. The average molecular weight is 526 g/mol. The number of carbonyl (C=O) groups is 1. The van der Waals surface area contributed by atoms with Crippen LogP contribution in [0.5, 0.6) is 11.5 Å². The van der Waals surface area contributed by atoms with Crippen LogP contribution in [0.15, 0.2) is 54.6 Å². The highest BCUT2D eigenvalue weighted by Gasteiger charge is 2.37. The van der Waals surface area contributed by atoms with Crippen LogP contribution in [0.25, 0.3) is 11.1 Å². The lowest BCUT2D eigenvalue weighted by Gasteiger charge is -2.25. The number of fused-ring (bicyclic) bond motifs is 1. The van der Waals surface area contributed by atoms with E-state index >= 15 is 0 Å². The second-order valence-corrected chi connectivity index (χ2v) is 9.83. The first kappa shape index (κ1) is 26.1. The Balaban J connectivity index is 1.47. The van der Waals surface area contributed by atoms with Crippen LogP contribution in [0, 0.1) is 0 Å². The van der Waals surface area contributed by atoms with E-state index in [0.29, 0.717) is 36.6 Å². The van der Waals surface area contributed by atoms with Crippen molar-refractivity contribution in [1.29, 1.82) is 0 Å². The molecule has 1 heterocycles. The van der Waals surface area contributed by atoms with Crippen molar-refractivity contribution in [2.45, 2.75) is 57.5 Å². The van der Waals surface area contributed by atoms with E-state index < -0.39 is 23.8 Å². The van der Waals surface area contributed by atoms with Gasteiger partial charge in [-0.3, -0.25) is 9.69 Å². The number of hydrogen-bond acceptors (Lipinski definition) is 4. The Kier molecular flexibility index (Phi) is 7.34. The lowest BCUT2D eigenvalue weighted by molar-refractivity contribution is -0.142. The Labute approximate surface area is 219 Å². The van der Waals surface area contributed by atoms with E-state index in [2.05, 4.69) is 0 Å². The number of carboxylic acids is 1. The van der Waals surface area contributed by atoms with Crippen molar-refractivity contribution in [3.8, 4) is 22.6 Å². The van der Waals surface area contributed by atoms with Crippen LogP contribution in [0.1, 0.15) is 47.1 Å². The fourth-order valence-corrected chi connectivity index (χ4v) is 5.84. The summed E-state index contributed by atoms with van der Waals surface area (Å²) in [6, 6.07) is 14.3. The van der Waals surface area contributed by atoms with Gasteiger partial charge in [-0.05, 0) is 60.9 Å². The van der Waals surface area contributed by atoms with Crippen molar-refractivity contribution in [2.24, 2.45) is 0 Å². The van der Waals surface area contributed by atoms with Crippen molar-refractivity contribution in [1.82, 2.24) is 4.90 Å². The first-order valence-corrected chi connectivity index (χ1v) is 12.8. The molecule has 2 aliphatic rings. The first-order valence-electron chi connectivity index (χ1n) is 12.8. The van der Waals surface area contributed by atoms with Gasteiger partial charge in [-0.1, -0.05) is 48.5 Å². The highest BCUT2D eigenvalue weighted by Crippen LogP contribution is 2.43. The van der Waals surface area contributed by atoms with E-state index in [-0.39, 0.29) is 17.7 Å². The number of methoxy groups -OCH3 is 1. The van der Waals surface area contributed by atoms with Gasteiger partial charge in [0.1, 0.15) is 24.1 Å². The fourth-order valence-electron chi connectivity index (χ4n) is 5.84. The second kappa shape index (κ2) is 10.7. The van der Waals surface area contributed by atoms with E-state index in [0.717, 1.165) is 42.4 Å². The number of rotatable bonds is 8. The molecule has 1 aliphatic carbocycles. The number of halogens is 3. The number of hydrogen-bond donors (Lipinski definition) is 1. The van der Waals surface area contributed by atoms with E-state index in [1.165, 1.54) is 12.1 Å². The zero-order chi connectivity index (χ0) is 26.9. The van der Waals surface area contributed by atoms with E-state index in [1.54, 1.807) is 49.6 Å². The molecule has 1 atom stereocenters. The predicted octanol–water partition coefficient (Wildman–Crippen LogP) is 6.50. The Bertz CT molecular complexity index is 1320. The molecule has 1 N–H and O–H groups in total. The molecule has 1 unspecified atom stereocenters.